The minimum Gasteiger partial charge on any atom is -0.461 e. The molecule has 1 N–H and O–H groups in total. The van der Waals surface area contributed by atoms with Gasteiger partial charge in [-0.2, -0.15) is 0 Å². The van der Waals surface area contributed by atoms with Crippen molar-refractivity contribution in [1.29, 1.82) is 0 Å². The fraction of sp³-hybridized carbons (Fsp3) is 0.238. The first-order chi connectivity index (χ1) is 12.7. The van der Waals surface area contributed by atoms with E-state index >= 15 is 0 Å². The van der Waals surface area contributed by atoms with Crippen LogP contribution < -0.4 is 0 Å². The molecule has 2 heterocycles. The predicted molar refractivity (Wildman–Crippen MR) is 102 cm³/mol. The molecule has 132 valence electrons. The molecule has 26 heavy (non-hydrogen) atoms. The largest absolute Gasteiger partial charge is 0.461 e. The molecule has 0 saturated carbocycles. The summed E-state index contributed by atoms with van der Waals surface area (Å²) in [4.78, 5) is 29.9. The van der Waals surface area contributed by atoms with Crippen LogP contribution in [0.25, 0.3) is 11.1 Å². The topological polar surface area (TPSA) is 59.2 Å². The summed E-state index contributed by atoms with van der Waals surface area (Å²) in [7, 11) is 0. The molecule has 5 heteroatoms. The number of hydrogen-bond donors (Lipinski definition) is 1. The van der Waals surface area contributed by atoms with Crippen LogP contribution in [0.5, 0.6) is 0 Å². The van der Waals surface area contributed by atoms with Crippen LogP contribution in [-0.4, -0.2) is 23.3 Å². The summed E-state index contributed by atoms with van der Waals surface area (Å²) in [5.74, 6) is -0.177. The molecular formula is C21H19NO3S. The second kappa shape index (κ2) is 6.92. The first-order valence-electron chi connectivity index (χ1n) is 8.73. The lowest BCUT2D eigenvalue weighted by molar-refractivity contribution is 0.0521. The average Bonchev–Trinajstić information content (AvgIpc) is 3.30. The molecular weight excluding hydrogens is 346 g/mol. The van der Waals surface area contributed by atoms with E-state index in [9.17, 15) is 9.59 Å². The highest BCUT2D eigenvalue weighted by atomic mass is 32.1. The van der Waals surface area contributed by atoms with Gasteiger partial charge in [-0.25, -0.2) is 4.79 Å². The van der Waals surface area contributed by atoms with E-state index in [1.165, 1.54) is 4.88 Å². The second-order valence-electron chi connectivity index (χ2n) is 6.36. The molecule has 1 aliphatic rings. The Kier molecular flexibility index (Phi) is 4.47. The maximum Gasteiger partial charge on any atom is 0.355 e. The Labute approximate surface area is 155 Å². The average molecular weight is 365 g/mol. The lowest BCUT2D eigenvalue weighted by Gasteiger charge is -2.21. The minimum atomic E-state index is -0.416. The number of benzene rings is 1. The van der Waals surface area contributed by atoms with Gasteiger partial charge >= 0.3 is 5.97 Å². The third-order valence-electron chi connectivity index (χ3n) is 4.73. The van der Waals surface area contributed by atoms with Gasteiger partial charge in [-0.15, -0.1) is 11.3 Å². The van der Waals surface area contributed by atoms with Gasteiger partial charge in [-0.3, -0.25) is 4.79 Å². The number of ketones is 1. The molecule has 0 amide bonds. The van der Waals surface area contributed by atoms with Crippen LogP contribution in [0.3, 0.4) is 0 Å². The van der Waals surface area contributed by atoms with Crippen molar-refractivity contribution in [2.75, 3.05) is 6.61 Å². The van der Waals surface area contributed by atoms with E-state index in [1.54, 1.807) is 18.3 Å². The van der Waals surface area contributed by atoms with E-state index in [0.29, 0.717) is 29.8 Å². The summed E-state index contributed by atoms with van der Waals surface area (Å²) in [5.41, 5.74) is 3.39. The summed E-state index contributed by atoms with van der Waals surface area (Å²) in [6, 6.07) is 13.7. The van der Waals surface area contributed by atoms with Gasteiger partial charge in [-0.1, -0.05) is 36.4 Å². The first-order valence-corrected chi connectivity index (χ1v) is 9.61. The van der Waals surface area contributed by atoms with Gasteiger partial charge in [0.15, 0.2) is 5.78 Å². The number of ether oxygens (including phenoxy) is 1. The number of carbonyl (C=O) groups excluding carboxylic acids is 2. The molecule has 1 aliphatic carbocycles. The third kappa shape index (κ3) is 2.88. The van der Waals surface area contributed by atoms with Crippen LogP contribution >= 0.6 is 11.3 Å². The van der Waals surface area contributed by atoms with Crippen molar-refractivity contribution in [3.63, 3.8) is 0 Å². The van der Waals surface area contributed by atoms with Crippen molar-refractivity contribution in [3.8, 4) is 11.1 Å². The third-order valence-corrected chi connectivity index (χ3v) is 5.76. The van der Waals surface area contributed by atoms with Crippen LogP contribution in [0.15, 0.2) is 47.8 Å². The van der Waals surface area contributed by atoms with Crippen molar-refractivity contribution in [2.45, 2.75) is 25.7 Å². The van der Waals surface area contributed by atoms with Gasteiger partial charge in [0.05, 0.1) is 6.61 Å². The van der Waals surface area contributed by atoms with Crippen LogP contribution in [0.2, 0.25) is 0 Å². The van der Waals surface area contributed by atoms with Crippen molar-refractivity contribution in [2.24, 2.45) is 0 Å². The van der Waals surface area contributed by atoms with Crippen molar-refractivity contribution < 1.29 is 14.3 Å². The zero-order chi connectivity index (χ0) is 18.1. The molecule has 0 radical (unpaired) electrons. The molecule has 1 aromatic carbocycles. The second-order valence-corrected chi connectivity index (χ2v) is 7.34. The fourth-order valence-corrected chi connectivity index (χ4v) is 4.46. The van der Waals surface area contributed by atoms with Gasteiger partial charge in [0.2, 0.25) is 0 Å². The number of Topliss-reactive ketones (excluding diaryl/α,β-unsaturated/α-hetero) is 1. The number of H-pyrrole nitrogens is 1. The number of esters is 1. The normalized spacial score (nSPS) is 16.3. The predicted octanol–water partition coefficient (Wildman–Crippen LogP) is 4.83. The molecule has 4 nitrogen and oxygen atoms in total. The van der Waals surface area contributed by atoms with Gasteiger partial charge in [0.25, 0.3) is 0 Å². The molecule has 0 fully saturated rings. The minimum absolute atomic E-state index is 0.0790. The lowest BCUT2D eigenvalue weighted by atomic mass is 9.83. The molecule has 0 spiro atoms. The number of aromatic amines is 1. The maximum absolute atomic E-state index is 13.0. The Hall–Kier alpha value is -2.66. The van der Waals surface area contributed by atoms with E-state index in [4.69, 9.17) is 4.74 Å². The summed E-state index contributed by atoms with van der Waals surface area (Å²) in [5, 5.41) is 2.03. The molecule has 0 aliphatic heterocycles. The number of aromatic nitrogens is 1. The molecule has 4 rings (SSSR count). The maximum atomic E-state index is 13.0. The van der Waals surface area contributed by atoms with E-state index in [-0.39, 0.29) is 11.7 Å². The number of thiophene rings is 1. The zero-order valence-electron chi connectivity index (χ0n) is 14.5. The summed E-state index contributed by atoms with van der Waals surface area (Å²) in [6.45, 7) is 2.07. The Morgan fingerprint density at radius 2 is 1.96 bits per heavy atom. The molecule has 1 atom stereocenters. The monoisotopic (exact) mass is 365 g/mol. The van der Waals surface area contributed by atoms with E-state index in [0.717, 1.165) is 17.7 Å². The van der Waals surface area contributed by atoms with E-state index < -0.39 is 5.97 Å². The highest BCUT2D eigenvalue weighted by Crippen LogP contribution is 2.40. The van der Waals surface area contributed by atoms with Crippen molar-refractivity contribution >= 4 is 23.1 Å². The first kappa shape index (κ1) is 16.8. The molecule has 3 aromatic rings. The van der Waals surface area contributed by atoms with E-state index in [2.05, 4.69) is 11.1 Å². The molecule has 2 aromatic heterocycles. The van der Waals surface area contributed by atoms with Gasteiger partial charge in [0.1, 0.15) is 5.69 Å². The highest BCUT2D eigenvalue weighted by molar-refractivity contribution is 7.10. The number of fused-ring (bicyclic) bond motifs is 1. The zero-order valence-corrected chi connectivity index (χ0v) is 15.3. The molecule has 0 unspecified atom stereocenters. The van der Waals surface area contributed by atoms with E-state index in [1.807, 2.05) is 41.8 Å². The van der Waals surface area contributed by atoms with Crippen molar-refractivity contribution in [3.05, 3.63) is 69.7 Å². The summed E-state index contributed by atoms with van der Waals surface area (Å²) < 4.78 is 5.22. The van der Waals surface area contributed by atoms with Crippen LogP contribution in [-0.2, 0) is 11.2 Å². The SMILES string of the molecule is CCOC(=O)c1[nH]c2c(c1-c1ccccc1)C(=O)C[C@@H](c1cccs1)C2. The van der Waals surface area contributed by atoms with Gasteiger partial charge in [-0.05, 0) is 30.4 Å². The van der Waals surface area contributed by atoms with Gasteiger partial charge < -0.3 is 9.72 Å². The van der Waals surface area contributed by atoms with Crippen LogP contribution in [0, 0.1) is 0 Å². The van der Waals surface area contributed by atoms with Crippen LogP contribution in [0.4, 0.5) is 0 Å². The van der Waals surface area contributed by atoms with Crippen molar-refractivity contribution in [1.82, 2.24) is 4.98 Å². The number of carbonyl (C=O) groups is 2. The Morgan fingerprint density at radius 3 is 2.65 bits per heavy atom. The fourth-order valence-electron chi connectivity index (χ4n) is 3.63. The van der Waals surface area contributed by atoms with Crippen LogP contribution in [0.1, 0.15) is 50.7 Å². The highest BCUT2D eigenvalue weighted by Gasteiger charge is 2.34. The lowest BCUT2D eigenvalue weighted by Crippen LogP contribution is -2.17. The number of hydrogen-bond acceptors (Lipinski definition) is 4. The molecule has 0 bridgehead atoms. The Balaban J connectivity index is 1.84. The molecule has 0 saturated heterocycles. The Morgan fingerprint density at radius 1 is 1.15 bits per heavy atom. The standard InChI is InChI=1S/C21H19NO3S/c1-2-25-21(24)20-18(13-7-4-3-5-8-13)19-15(22-20)11-14(12-16(19)23)17-9-6-10-26-17/h3-10,14,22H,2,11-12H2,1H3/t14-/m0/s1. The quantitative estimate of drug-likeness (QED) is 0.674. The van der Waals surface area contributed by atoms with Gasteiger partial charge in [0, 0.05) is 34.0 Å². The smallest absolute Gasteiger partial charge is 0.355 e. The summed E-state index contributed by atoms with van der Waals surface area (Å²) >= 11 is 1.67. The number of nitrogens with one attached hydrogen (secondary N) is 1. The number of rotatable bonds is 4. The Bertz CT molecular complexity index is 941. The summed E-state index contributed by atoms with van der Waals surface area (Å²) in [6.07, 6.45) is 1.19.